The predicted octanol–water partition coefficient (Wildman–Crippen LogP) is 1.93. The van der Waals surface area contributed by atoms with E-state index in [-0.39, 0.29) is 0 Å². The summed E-state index contributed by atoms with van der Waals surface area (Å²) in [5, 5.41) is 11.4. The van der Waals surface area contributed by atoms with Crippen LogP contribution < -0.4 is 5.32 Å². The van der Waals surface area contributed by atoms with Crippen LogP contribution in [0.3, 0.4) is 0 Å². The summed E-state index contributed by atoms with van der Waals surface area (Å²) < 4.78 is 16.9. The van der Waals surface area contributed by atoms with E-state index < -0.39 is 5.60 Å². The van der Waals surface area contributed by atoms with Crippen LogP contribution in [0.25, 0.3) is 0 Å². The average Bonchev–Trinajstić information content (AvgIpc) is 2.97. The van der Waals surface area contributed by atoms with Gasteiger partial charge in [0.2, 0.25) is 0 Å². The van der Waals surface area contributed by atoms with Gasteiger partial charge in [-0.15, -0.1) is 5.10 Å². The van der Waals surface area contributed by atoms with Crippen molar-refractivity contribution in [2.24, 2.45) is 5.92 Å². The van der Waals surface area contributed by atoms with Gasteiger partial charge >= 0.3 is 6.01 Å². The molecule has 2 fully saturated rings. The lowest BCUT2D eigenvalue weighted by atomic mass is 9.85. The Bertz CT molecular complexity index is 411. The molecule has 2 aliphatic rings. The molecule has 0 amide bonds. The SMILES string of the molecule is CCOC1(c2nnc(NCC3CCC3)o2)CCOC1. The van der Waals surface area contributed by atoms with Gasteiger partial charge in [0.1, 0.15) is 0 Å². The second-order valence-electron chi connectivity index (χ2n) is 5.32. The summed E-state index contributed by atoms with van der Waals surface area (Å²) >= 11 is 0. The smallest absolute Gasteiger partial charge is 0.315 e. The molecule has 0 aromatic carbocycles. The first-order valence-electron chi connectivity index (χ1n) is 7.12. The number of hydrogen-bond donors (Lipinski definition) is 1. The van der Waals surface area contributed by atoms with Crippen molar-refractivity contribution in [3.05, 3.63) is 5.89 Å². The van der Waals surface area contributed by atoms with Gasteiger partial charge in [-0.1, -0.05) is 11.5 Å². The van der Waals surface area contributed by atoms with Gasteiger partial charge in [0, 0.05) is 19.6 Å². The minimum absolute atomic E-state index is 0.491. The molecule has 1 unspecified atom stereocenters. The molecule has 1 atom stereocenters. The minimum Gasteiger partial charge on any atom is -0.405 e. The summed E-state index contributed by atoms with van der Waals surface area (Å²) in [4.78, 5) is 0. The van der Waals surface area contributed by atoms with E-state index in [0.29, 0.717) is 31.7 Å². The second kappa shape index (κ2) is 5.46. The van der Waals surface area contributed by atoms with E-state index in [1.54, 1.807) is 0 Å². The molecule has 6 nitrogen and oxygen atoms in total. The van der Waals surface area contributed by atoms with Gasteiger partial charge in [-0.2, -0.15) is 0 Å². The lowest BCUT2D eigenvalue weighted by Gasteiger charge is -2.25. The monoisotopic (exact) mass is 267 g/mol. The van der Waals surface area contributed by atoms with Crippen LogP contribution in [0, 0.1) is 5.92 Å². The average molecular weight is 267 g/mol. The molecule has 1 aliphatic carbocycles. The zero-order valence-corrected chi connectivity index (χ0v) is 11.4. The molecule has 6 heteroatoms. The molecular weight excluding hydrogens is 246 g/mol. The number of hydrogen-bond acceptors (Lipinski definition) is 6. The maximum absolute atomic E-state index is 5.80. The van der Waals surface area contributed by atoms with Crippen LogP contribution >= 0.6 is 0 Å². The van der Waals surface area contributed by atoms with E-state index in [1.807, 2.05) is 6.92 Å². The number of rotatable bonds is 6. The van der Waals surface area contributed by atoms with Crippen LogP contribution in [-0.2, 0) is 15.1 Å². The first-order chi connectivity index (χ1) is 9.32. The van der Waals surface area contributed by atoms with Gasteiger partial charge < -0.3 is 19.2 Å². The van der Waals surface area contributed by atoms with Crippen molar-refractivity contribution in [2.75, 3.05) is 31.7 Å². The maximum Gasteiger partial charge on any atom is 0.315 e. The third-order valence-corrected chi connectivity index (χ3v) is 3.99. The first-order valence-corrected chi connectivity index (χ1v) is 7.12. The van der Waals surface area contributed by atoms with Crippen LogP contribution in [0.2, 0.25) is 0 Å². The second-order valence-corrected chi connectivity index (χ2v) is 5.32. The number of nitrogens with zero attached hydrogens (tertiary/aromatic N) is 2. The lowest BCUT2D eigenvalue weighted by molar-refractivity contribution is -0.0656. The van der Waals surface area contributed by atoms with E-state index in [2.05, 4.69) is 15.5 Å². The molecule has 1 aromatic rings. The molecule has 1 saturated heterocycles. The van der Waals surface area contributed by atoms with Gasteiger partial charge in [-0.3, -0.25) is 0 Å². The van der Waals surface area contributed by atoms with E-state index in [4.69, 9.17) is 13.9 Å². The predicted molar refractivity (Wildman–Crippen MR) is 68.9 cm³/mol. The van der Waals surface area contributed by atoms with Crippen molar-refractivity contribution < 1.29 is 13.9 Å². The van der Waals surface area contributed by atoms with Crippen molar-refractivity contribution in [3.63, 3.8) is 0 Å². The zero-order valence-electron chi connectivity index (χ0n) is 11.4. The fraction of sp³-hybridized carbons (Fsp3) is 0.846. The molecule has 106 valence electrons. The number of aromatic nitrogens is 2. The highest BCUT2D eigenvalue weighted by molar-refractivity contribution is 5.19. The zero-order chi connectivity index (χ0) is 13.1. The maximum atomic E-state index is 5.80. The molecule has 1 aliphatic heterocycles. The van der Waals surface area contributed by atoms with E-state index in [9.17, 15) is 0 Å². The minimum atomic E-state index is -0.544. The van der Waals surface area contributed by atoms with Gasteiger partial charge in [-0.25, -0.2) is 0 Å². The van der Waals surface area contributed by atoms with Gasteiger partial charge in [-0.05, 0) is 25.7 Å². The van der Waals surface area contributed by atoms with Gasteiger partial charge in [0.05, 0.1) is 13.2 Å². The Morgan fingerprint density at radius 3 is 2.95 bits per heavy atom. The Morgan fingerprint density at radius 1 is 1.42 bits per heavy atom. The standard InChI is InChI=1S/C13H21N3O3/c1-2-18-13(6-7-17-9-13)11-15-16-12(19-11)14-8-10-4-3-5-10/h10H,2-9H2,1H3,(H,14,16). The lowest BCUT2D eigenvalue weighted by Crippen LogP contribution is -2.30. The van der Waals surface area contributed by atoms with Crippen molar-refractivity contribution in [1.29, 1.82) is 0 Å². The third-order valence-electron chi connectivity index (χ3n) is 3.99. The normalized spacial score (nSPS) is 27.4. The molecular formula is C13H21N3O3. The van der Waals surface area contributed by atoms with Crippen molar-refractivity contribution in [3.8, 4) is 0 Å². The Balaban J connectivity index is 1.64. The number of ether oxygens (including phenoxy) is 2. The molecule has 3 rings (SSSR count). The molecule has 2 heterocycles. The highest BCUT2D eigenvalue weighted by atomic mass is 16.6. The molecule has 0 bridgehead atoms. The van der Waals surface area contributed by atoms with Crippen LogP contribution in [0.5, 0.6) is 0 Å². The Kier molecular flexibility index (Phi) is 3.70. The summed E-state index contributed by atoms with van der Waals surface area (Å²) in [7, 11) is 0. The van der Waals surface area contributed by atoms with Crippen molar-refractivity contribution in [2.45, 2.75) is 38.2 Å². The molecule has 0 radical (unpaired) electrons. The third kappa shape index (κ3) is 2.60. The van der Waals surface area contributed by atoms with Crippen molar-refractivity contribution in [1.82, 2.24) is 10.2 Å². The Hall–Kier alpha value is -1.14. The fourth-order valence-corrected chi connectivity index (χ4v) is 2.57. The van der Waals surface area contributed by atoms with E-state index in [1.165, 1.54) is 19.3 Å². The summed E-state index contributed by atoms with van der Waals surface area (Å²) in [6, 6.07) is 0.493. The molecule has 0 spiro atoms. The van der Waals surface area contributed by atoms with Crippen LogP contribution in [0.15, 0.2) is 4.42 Å². The quantitative estimate of drug-likeness (QED) is 0.849. The van der Waals surface area contributed by atoms with Crippen molar-refractivity contribution >= 4 is 6.01 Å². The van der Waals surface area contributed by atoms with Gasteiger partial charge in [0.25, 0.3) is 5.89 Å². The topological polar surface area (TPSA) is 69.4 Å². The number of nitrogens with one attached hydrogen (secondary N) is 1. The van der Waals surface area contributed by atoms with Crippen LogP contribution in [0.1, 0.15) is 38.5 Å². The molecule has 1 saturated carbocycles. The fourth-order valence-electron chi connectivity index (χ4n) is 2.57. The summed E-state index contributed by atoms with van der Waals surface area (Å²) in [5.41, 5.74) is -0.544. The molecule has 1 N–H and O–H groups in total. The first kappa shape index (κ1) is 12.9. The van der Waals surface area contributed by atoms with Gasteiger partial charge in [0.15, 0.2) is 5.60 Å². The van der Waals surface area contributed by atoms with E-state index >= 15 is 0 Å². The molecule has 19 heavy (non-hydrogen) atoms. The number of anilines is 1. The Morgan fingerprint density at radius 2 is 2.32 bits per heavy atom. The largest absolute Gasteiger partial charge is 0.405 e. The summed E-state index contributed by atoms with van der Waals surface area (Å²) in [6.07, 6.45) is 4.70. The molecule has 1 aromatic heterocycles. The summed E-state index contributed by atoms with van der Waals surface area (Å²) in [5.74, 6) is 1.29. The van der Waals surface area contributed by atoms with Crippen LogP contribution in [0.4, 0.5) is 6.01 Å². The highest BCUT2D eigenvalue weighted by Gasteiger charge is 2.42. The van der Waals surface area contributed by atoms with Crippen LogP contribution in [-0.4, -0.2) is 36.6 Å². The summed E-state index contributed by atoms with van der Waals surface area (Å²) in [6.45, 7) is 4.65. The Labute approximate surface area is 112 Å². The van der Waals surface area contributed by atoms with E-state index in [0.717, 1.165) is 18.9 Å². The highest BCUT2D eigenvalue weighted by Crippen LogP contribution is 2.34.